The highest BCUT2D eigenvalue weighted by Crippen LogP contribution is 2.26. The number of esters is 1. The van der Waals surface area contributed by atoms with Gasteiger partial charge in [-0.25, -0.2) is 0 Å². The molecule has 0 aliphatic heterocycles. The van der Waals surface area contributed by atoms with Gasteiger partial charge in [-0.15, -0.1) is 11.8 Å². The molecular weight excluding hydrogens is 394 g/mol. The molecule has 0 heterocycles. The summed E-state index contributed by atoms with van der Waals surface area (Å²) in [5.41, 5.74) is 2.70. The standard InChI is InChI=1S/C25H25NO3S/c1-26(17-19-13-15-22(30-2)16-14-19)23(27)18-29-25(28)24(20-9-5-3-6-10-20)21-11-7-4-8-12-21/h3-16,24H,17-18H2,1-2H3. The molecule has 4 nitrogen and oxygen atoms in total. The topological polar surface area (TPSA) is 46.6 Å². The summed E-state index contributed by atoms with van der Waals surface area (Å²) in [6.45, 7) is 0.181. The van der Waals surface area contributed by atoms with Gasteiger partial charge in [0, 0.05) is 18.5 Å². The van der Waals surface area contributed by atoms with Crippen molar-refractivity contribution < 1.29 is 14.3 Å². The van der Waals surface area contributed by atoms with Crippen molar-refractivity contribution in [2.75, 3.05) is 19.9 Å². The predicted octanol–water partition coefficient (Wildman–Crippen LogP) is 4.74. The van der Waals surface area contributed by atoms with Gasteiger partial charge in [0.05, 0.1) is 0 Å². The Morgan fingerprint density at radius 3 is 1.90 bits per heavy atom. The number of nitrogens with zero attached hydrogens (tertiary/aromatic N) is 1. The van der Waals surface area contributed by atoms with E-state index in [2.05, 4.69) is 0 Å². The van der Waals surface area contributed by atoms with E-state index in [1.165, 1.54) is 4.90 Å². The zero-order valence-electron chi connectivity index (χ0n) is 17.2. The van der Waals surface area contributed by atoms with E-state index in [1.54, 1.807) is 23.7 Å². The van der Waals surface area contributed by atoms with Gasteiger partial charge < -0.3 is 9.64 Å². The van der Waals surface area contributed by atoms with Crippen LogP contribution in [0.5, 0.6) is 0 Å². The van der Waals surface area contributed by atoms with E-state index in [0.717, 1.165) is 16.7 Å². The minimum Gasteiger partial charge on any atom is -0.455 e. The van der Waals surface area contributed by atoms with Crippen LogP contribution < -0.4 is 0 Å². The molecule has 0 N–H and O–H groups in total. The minimum absolute atomic E-state index is 0.239. The van der Waals surface area contributed by atoms with Crippen molar-refractivity contribution in [3.05, 3.63) is 102 Å². The van der Waals surface area contributed by atoms with Crippen LogP contribution in [0.4, 0.5) is 0 Å². The maximum atomic E-state index is 12.9. The molecule has 0 aliphatic carbocycles. The Morgan fingerprint density at radius 2 is 1.40 bits per heavy atom. The third-order valence-corrected chi connectivity index (χ3v) is 5.59. The van der Waals surface area contributed by atoms with Crippen LogP contribution in [0, 0.1) is 0 Å². The van der Waals surface area contributed by atoms with Gasteiger partial charge in [-0.3, -0.25) is 9.59 Å². The number of hydrogen-bond acceptors (Lipinski definition) is 4. The number of rotatable bonds is 8. The first-order valence-electron chi connectivity index (χ1n) is 9.72. The Bertz CT molecular complexity index is 919. The van der Waals surface area contributed by atoms with E-state index in [9.17, 15) is 9.59 Å². The van der Waals surface area contributed by atoms with Crippen molar-refractivity contribution in [1.29, 1.82) is 0 Å². The second kappa shape index (κ2) is 10.6. The highest BCUT2D eigenvalue weighted by Gasteiger charge is 2.25. The van der Waals surface area contributed by atoms with Crippen LogP contribution in [-0.4, -0.2) is 36.7 Å². The molecule has 1 amide bonds. The summed E-state index contributed by atoms with van der Waals surface area (Å²) < 4.78 is 5.44. The minimum atomic E-state index is -0.565. The molecule has 154 valence electrons. The Labute approximate surface area is 181 Å². The second-order valence-electron chi connectivity index (χ2n) is 6.96. The number of benzene rings is 3. The molecule has 0 bridgehead atoms. The lowest BCUT2D eigenvalue weighted by Gasteiger charge is -2.20. The van der Waals surface area contributed by atoms with E-state index in [4.69, 9.17) is 4.74 Å². The quantitative estimate of drug-likeness (QED) is 0.391. The number of hydrogen-bond donors (Lipinski definition) is 0. The van der Waals surface area contributed by atoms with Gasteiger partial charge in [0.1, 0.15) is 5.92 Å². The molecule has 0 radical (unpaired) electrons. The fraction of sp³-hybridized carbons (Fsp3) is 0.200. The summed E-state index contributed by atoms with van der Waals surface area (Å²) in [7, 11) is 1.71. The van der Waals surface area contributed by atoms with Crippen molar-refractivity contribution in [3.63, 3.8) is 0 Å². The van der Waals surface area contributed by atoms with Crippen LogP contribution in [0.25, 0.3) is 0 Å². The van der Waals surface area contributed by atoms with Gasteiger partial charge in [-0.05, 0) is 35.1 Å². The lowest BCUT2D eigenvalue weighted by Crippen LogP contribution is -2.31. The molecule has 0 aliphatic rings. The fourth-order valence-corrected chi connectivity index (χ4v) is 3.58. The number of thioether (sulfide) groups is 1. The third-order valence-electron chi connectivity index (χ3n) is 4.84. The third kappa shape index (κ3) is 5.74. The maximum Gasteiger partial charge on any atom is 0.318 e. The predicted molar refractivity (Wildman–Crippen MR) is 120 cm³/mol. The van der Waals surface area contributed by atoms with E-state index < -0.39 is 11.9 Å². The molecule has 0 unspecified atom stereocenters. The number of carbonyl (C=O) groups is 2. The molecule has 30 heavy (non-hydrogen) atoms. The maximum absolute atomic E-state index is 12.9. The molecule has 3 aromatic rings. The van der Waals surface area contributed by atoms with Gasteiger partial charge >= 0.3 is 5.97 Å². The normalized spacial score (nSPS) is 10.6. The lowest BCUT2D eigenvalue weighted by atomic mass is 9.91. The summed E-state index contributed by atoms with van der Waals surface area (Å²) in [4.78, 5) is 28.2. The van der Waals surface area contributed by atoms with E-state index in [1.807, 2.05) is 91.2 Å². The molecule has 0 saturated heterocycles. The number of ether oxygens (including phenoxy) is 1. The smallest absolute Gasteiger partial charge is 0.318 e. The first kappa shape index (κ1) is 21.7. The van der Waals surface area contributed by atoms with Crippen LogP contribution in [0.15, 0.2) is 89.8 Å². The van der Waals surface area contributed by atoms with Gasteiger partial charge in [0.15, 0.2) is 6.61 Å². The number of likely N-dealkylation sites (N-methyl/N-ethyl adjacent to an activating group) is 1. The molecule has 0 atom stereocenters. The number of amides is 1. The second-order valence-corrected chi connectivity index (χ2v) is 7.84. The van der Waals surface area contributed by atoms with Gasteiger partial charge in [0.2, 0.25) is 0 Å². The average molecular weight is 420 g/mol. The summed E-state index contributed by atoms with van der Waals surface area (Å²) in [5, 5.41) is 0. The summed E-state index contributed by atoms with van der Waals surface area (Å²) in [6.07, 6.45) is 2.02. The fourth-order valence-electron chi connectivity index (χ4n) is 3.17. The Hall–Kier alpha value is -3.05. The van der Waals surface area contributed by atoms with Crippen LogP contribution in [-0.2, 0) is 20.9 Å². The summed E-state index contributed by atoms with van der Waals surface area (Å²) in [6, 6.07) is 27.0. The van der Waals surface area contributed by atoms with E-state index in [-0.39, 0.29) is 12.5 Å². The van der Waals surface area contributed by atoms with Gasteiger partial charge in [-0.1, -0.05) is 72.8 Å². The molecule has 0 saturated carbocycles. The van der Waals surface area contributed by atoms with Crippen molar-refractivity contribution in [3.8, 4) is 0 Å². The monoisotopic (exact) mass is 419 g/mol. The van der Waals surface area contributed by atoms with Crippen molar-refractivity contribution >= 4 is 23.6 Å². The van der Waals surface area contributed by atoms with Crippen LogP contribution in [0.3, 0.4) is 0 Å². The van der Waals surface area contributed by atoms with Crippen LogP contribution >= 0.6 is 11.8 Å². The van der Waals surface area contributed by atoms with Gasteiger partial charge in [-0.2, -0.15) is 0 Å². The zero-order valence-corrected chi connectivity index (χ0v) is 18.0. The molecule has 0 fully saturated rings. The highest BCUT2D eigenvalue weighted by molar-refractivity contribution is 7.98. The average Bonchev–Trinajstić information content (AvgIpc) is 2.79. The SMILES string of the molecule is CSc1ccc(CN(C)C(=O)COC(=O)C(c2ccccc2)c2ccccc2)cc1. The van der Waals surface area contributed by atoms with E-state index >= 15 is 0 Å². The zero-order chi connectivity index (χ0) is 21.3. The van der Waals surface area contributed by atoms with Crippen LogP contribution in [0.2, 0.25) is 0 Å². The van der Waals surface area contributed by atoms with Crippen molar-refractivity contribution in [2.24, 2.45) is 0 Å². The summed E-state index contributed by atoms with van der Waals surface area (Å²) >= 11 is 1.67. The van der Waals surface area contributed by atoms with E-state index in [0.29, 0.717) is 6.54 Å². The van der Waals surface area contributed by atoms with Crippen molar-refractivity contribution in [1.82, 2.24) is 4.90 Å². The van der Waals surface area contributed by atoms with Crippen molar-refractivity contribution in [2.45, 2.75) is 17.4 Å². The molecule has 0 spiro atoms. The Balaban J connectivity index is 1.63. The Morgan fingerprint density at radius 1 is 0.867 bits per heavy atom. The molecule has 0 aromatic heterocycles. The highest BCUT2D eigenvalue weighted by atomic mass is 32.2. The van der Waals surface area contributed by atoms with Crippen LogP contribution in [0.1, 0.15) is 22.6 Å². The Kier molecular flexibility index (Phi) is 7.69. The molecular formula is C25H25NO3S. The first-order valence-corrected chi connectivity index (χ1v) is 10.9. The largest absolute Gasteiger partial charge is 0.455 e. The first-order chi connectivity index (χ1) is 14.6. The summed E-state index contributed by atoms with van der Waals surface area (Å²) in [5.74, 6) is -1.24. The van der Waals surface area contributed by atoms with Gasteiger partial charge in [0.25, 0.3) is 5.91 Å². The molecule has 5 heteroatoms. The molecule has 3 aromatic carbocycles. The molecule has 3 rings (SSSR count). The number of carbonyl (C=O) groups excluding carboxylic acids is 2. The lowest BCUT2D eigenvalue weighted by molar-refractivity contribution is -0.152.